The quantitative estimate of drug-likeness (QED) is 0.896. The van der Waals surface area contributed by atoms with Gasteiger partial charge in [-0.05, 0) is 55.7 Å². The van der Waals surface area contributed by atoms with E-state index in [0.717, 1.165) is 32.1 Å². The van der Waals surface area contributed by atoms with Crippen LogP contribution in [0.4, 0.5) is 0 Å². The SMILES string of the molecule is NCC1CCCCC1NC(=O)C1CCc2ccccc2C1. The largest absolute Gasteiger partial charge is 0.353 e. The van der Waals surface area contributed by atoms with E-state index in [1.54, 1.807) is 0 Å². The van der Waals surface area contributed by atoms with Crippen LogP contribution in [0.5, 0.6) is 0 Å². The van der Waals surface area contributed by atoms with E-state index in [4.69, 9.17) is 5.73 Å². The summed E-state index contributed by atoms with van der Waals surface area (Å²) >= 11 is 0. The molecule has 1 aromatic carbocycles. The minimum atomic E-state index is 0.139. The number of rotatable bonds is 3. The molecule has 0 saturated heterocycles. The summed E-state index contributed by atoms with van der Waals surface area (Å²) in [7, 11) is 0. The minimum Gasteiger partial charge on any atom is -0.353 e. The van der Waals surface area contributed by atoms with E-state index in [2.05, 4.69) is 29.6 Å². The van der Waals surface area contributed by atoms with Crippen molar-refractivity contribution in [2.75, 3.05) is 6.54 Å². The molecular formula is C18H26N2O. The maximum absolute atomic E-state index is 12.6. The first-order valence-electron chi connectivity index (χ1n) is 8.35. The third-order valence-corrected chi connectivity index (χ3v) is 5.26. The molecule has 2 aliphatic carbocycles. The maximum atomic E-state index is 12.6. The van der Waals surface area contributed by atoms with Crippen LogP contribution in [0, 0.1) is 11.8 Å². The number of fused-ring (bicyclic) bond motifs is 1. The summed E-state index contributed by atoms with van der Waals surface area (Å²) in [5.41, 5.74) is 8.63. The highest BCUT2D eigenvalue weighted by Gasteiger charge is 2.29. The highest BCUT2D eigenvalue weighted by Crippen LogP contribution is 2.27. The number of benzene rings is 1. The molecule has 2 aliphatic rings. The fourth-order valence-corrected chi connectivity index (χ4v) is 3.90. The van der Waals surface area contributed by atoms with Crippen molar-refractivity contribution >= 4 is 5.91 Å². The van der Waals surface area contributed by atoms with Gasteiger partial charge >= 0.3 is 0 Å². The van der Waals surface area contributed by atoms with Crippen LogP contribution in [0.2, 0.25) is 0 Å². The molecule has 0 aromatic heterocycles. The molecule has 3 N–H and O–H groups in total. The second-order valence-corrected chi connectivity index (χ2v) is 6.60. The number of hydrogen-bond donors (Lipinski definition) is 2. The van der Waals surface area contributed by atoms with Gasteiger partial charge in [-0.25, -0.2) is 0 Å². The zero-order valence-electron chi connectivity index (χ0n) is 12.7. The smallest absolute Gasteiger partial charge is 0.223 e. The van der Waals surface area contributed by atoms with Gasteiger partial charge in [-0.2, -0.15) is 0 Å². The predicted octanol–water partition coefficient (Wildman–Crippen LogP) is 2.43. The Morgan fingerprint density at radius 1 is 1.14 bits per heavy atom. The highest BCUT2D eigenvalue weighted by atomic mass is 16.1. The lowest BCUT2D eigenvalue weighted by atomic mass is 9.81. The topological polar surface area (TPSA) is 55.1 Å². The third-order valence-electron chi connectivity index (χ3n) is 5.26. The van der Waals surface area contributed by atoms with Gasteiger partial charge < -0.3 is 11.1 Å². The van der Waals surface area contributed by atoms with E-state index in [-0.39, 0.29) is 11.8 Å². The van der Waals surface area contributed by atoms with Crippen molar-refractivity contribution in [1.82, 2.24) is 5.32 Å². The van der Waals surface area contributed by atoms with Gasteiger partial charge in [0.25, 0.3) is 0 Å². The maximum Gasteiger partial charge on any atom is 0.223 e. The van der Waals surface area contributed by atoms with Gasteiger partial charge in [-0.15, -0.1) is 0 Å². The molecule has 3 nitrogen and oxygen atoms in total. The molecule has 1 aromatic rings. The van der Waals surface area contributed by atoms with Crippen LogP contribution in [0.1, 0.15) is 43.2 Å². The number of nitrogens with two attached hydrogens (primary N) is 1. The summed E-state index contributed by atoms with van der Waals surface area (Å²) in [6.45, 7) is 0.693. The van der Waals surface area contributed by atoms with Crippen LogP contribution in [-0.4, -0.2) is 18.5 Å². The number of nitrogens with one attached hydrogen (secondary N) is 1. The van der Waals surface area contributed by atoms with Gasteiger partial charge in [0.05, 0.1) is 0 Å². The Labute approximate surface area is 127 Å². The van der Waals surface area contributed by atoms with Crippen LogP contribution in [-0.2, 0) is 17.6 Å². The second kappa shape index (κ2) is 6.61. The number of hydrogen-bond acceptors (Lipinski definition) is 2. The Bertz CT molecular complexity index is 500. The first-order valence-corrected chi connectivity index (χ1v) is 8.35. The minimum absolute atomic E-state index is 0.139. The van der Waals surface area contributed by atoms with Crippen molar-refractivity contribution in [3.05, 3.63) is 35.4 Å². The summed E-state index contributed by atoms with van der Waals surface area (Å²) in [6, 6.07) is 8.82. The fraction of sp³-hybridized carbons (Fsp3) is 0.611. The van der Waals surface area contributed by atoms with Crippen LogP contribution < -0.4 is 11.1 Å². The molecule has 0 radical (unpaired) electrons. The molecular weight excluding hydrogens is 260 g/mol. The molecule has 1 amide bonds. The summed E-state index contributed by atoms with van der Waals surface area (Å²) in [6.07, 6.45) is 7.62. The average Bonchev–Trinajstić information content (AvgIpc) is 2.55. The lowest BCUT2D eigenvalue weighted by Crippen LogP contribution is -2.47. The first-order chi connectivity index (χ1) is 10.3. The Morgan fingerprint density at radius 2 is 1.90 bits per heavy atom. The van der Waals surface area contributed by atoms with Crippen LogP contribution in [0.15, 0.2) is 24.3 Å². The second-order valence-electron chi connectivity index (χ2n) is 6.60. The molecule has 0 aliphatic heterocycles. The summed E-state index contributed by atoms with van der Waals surface area (Å²) in [4.78, 5) is 12.6. The highest BCUT2D eigenvalue weighted by molar-refractivity contribution is 5.79. The van der Waals surface area contributed by atoms with Gasteiger partial charge in [0.1, 0.15) is 0 Å². The Kier molecular flexibility index (Phi) is 4.59. The van der Waals surface area contributed by atoms with Crippen molar-refractivity contribution in [3.63, 3.8) is 0 Å². The van der Waals surface area contributed by atoms with Crippen molar-refractivity contribution < 1.29 is 4.79 Å². The Balaban J connectivity index is 1.61. The van der Waals surface area contributed by atoms with Gasteiger partial charge in [0.15, 0.2) is 0 Å². The number of carbonyl (C=O) groups excluding carboxylic acids is 1. The van der Waals surface area contributed by atoms with Crippen LogP contribution in [0.25, 0.3) is 0 Å². The average molecular weight is 286 g/mol. The standard InChI is InChI=1S/C18H26N2O/c19-12-16-7-3-4-8-17(16)20-18(21)15-10-9-13-5-1-2-6-14(13)11-15/h1-2,5-6,15-17H,3-4,7-12,19H2,(H,20,21). The molecule has 3 atom stereocenters. The fourth-order valence-electron chi connectivity index (χ4n) is 3.90. The molecule has 114 valence electrons. The number of carbonyl (C=O) groups is 1. The lowest BCUT2D eigenvalue weighted by Gasteiger charge is -2.33. The van der Waals surface area contributed by atoms with Gasteiger partial charge in [-0.3, -0.25) is 4.79 Å². The molecule has 0 spiro atoms. The Morgan fingerprint density at radius 3 is 2.71 bits per heavy atom. The van der Waals surface area contributed by atoms with E-state index >= 15 is 0 Å². The molecule has 0 bridgehead atoms. The zero-order chi connectivity index (χ0) is 14.7. The van der Waals surface area contributed by atoms with Crippen LogP contribution >= 0.6 is 0 Å². The zero-order valence-corrected chi connectivity index (χ0v) is 12.7. The van der Waals surface area contributed by atoms with E-state index in [1.807, 2.05) is 0 Å². The molecule has 0 heterocycles. The van der Waals surface area contributed by atoms with Crippen LogP contribution in [0.3, 0.4) is 0 Å². The first kappa shape index (κ1) is 14.6. The molecule has 21 heavy (non-hydrogen) atoms. The van der Waals surface area contributed by atoms with E-state index in [1.165, 1.54) is 24.0 Å². The molecule has 3 heteroatoms. The summed E-state index contributed by atoms with van der Waals surface area (Å²) in [5.74, 6) is 0.855. The number of aryl methyl sites for hydroxylation is 1. The normalized spacial score (nSPS) is 28.7. The van der Waals surface area contributed by atoms with Crippen molar-refractivity contribution in [3.8, 4) is 0 Å². The molecule has 1 saturated carbocycles. The summed E-state index contributed by atoms with van der Waals surface area (Å²) < 4.78 is 0. The third kappa shape index (κ3) is 3.29. The van der Waals surface area contributed by atoms with Crippen molar-refractivity contribution in [1.29, 1.82) is 0 Å². The number of amides is 1. The van der Waals surface area contributed by atoms with E-state index < -0.39 is 0 Å². The monoisotopic (exact) mass is 286 g/mol. The Hall–Kier alpha value is -1.35. The summed E-state index contributed by atoms with van der Waals surface area (Å²) in [5, 5.41) is 3.30. The molecule has 3 rings (SSSR count). The van der Waals surface area contributed by atoms with Crippen molar-refractivity contribution in [2.45, 2.75) is 51.0 Å². The van der Waals surface area contributed by atoms with E-state index in [9.17, 15) is 4.79 Å². The molecule has 3 unspecified atom stereocenters. The van der Waals surface area contributed by atoms with Gasteiger partial charge in [-0.1, -0.05) is 37.1 Å². The van der Waals surface area contributed by atoms with E-state index in [0.29, 0.717) is 18.5 Å². The van der Waals surface area contributed by atoms with Crippen molar-refractivity contribution in [2.24, 2.45) is 17.6 Å². The van der Waals surface area contributed by atoms with Gasteiger partial charge in [0, 0.05) is 12.0 Å². The lowest BCUT2D eigenvalue weighted by molar-refractivity contribution is -0.126. The molecule has 1 fully saturated rings. The van der Waals surface area contributed by atoms with Gasteiger partial charge in [0.2, 0.25) is 5.91 Å². The predicted molar refractivity (Wildman–Crippen MR) is 84.9 cm³/mol.